The highest BCUT2D eigenvalue weighted by Crippen LogP contribution is 2.36. The van der Waals surface area contributed by atoms with Crippen LogP contribution < -0.4 is 10.6 Å². The number of imidazole rings is 1. The lowest BCUT2D eigenvalue weighted by Gasteiger charge is -2.31. The quantitative estimate of drug-likeness (QED) is 0.179. The van der Waals surface area contributed by atoms with E-state index in [-0.39, 0.29) is 35.7 Å². The molecule has 58 heavy (non-hydrogen) atoms. The van der Waals surface area contributed by atoms with Crippen molar-refractivity contribution in [2.75, 3.05) is 41.4 Å². The second-order valence-electron chi connectivity index (χ2n) is 16.4. The first-order chi connectivity index (χ1) is 27.8. The summed E-state index contributed by atoms with van der Waals surface area (Å²) in [6.07, 6.45) is 6.52. The van der Waals surface area contributed by atoms with Gasteiger partial charge in [0, 0.05) is 38.0 Å². The van der Waals surface area contributed by atoms with Gasteiger partial charge in [-0.1, -0.05) is 64.1 Å². The summed E-state index contributed by atoms with van der Waals surface area (Å²) in [6.45, 7) is 9.62. The van der Waals surface area contributed by atoms with Crippen molar-refractivity contribution in [1.82, 2.24) is 35.3 Å². The molecule has 4 atom stereocenters. The van der Waals surface area contributed by atoms with Crippen LogP contribution in [0.3, 0.4) is 0 Å². The number of nitrogens with zero attached hydrogens (tertiary/aromatic N) is 5. The summed E-state index contributed by atoms with van der Waals surface area (Å²) in [4.78, 5) is 70.2. The van der Waals surface area contributed by atoms with E-state index >= 15 is 0 Å². The van der Waals surface area contributed by atoms with Crippen molar-refractivity contribution in [2.45, 2.75) is 90.5 Å². The number of hydrogen-bond donors (Lipinski definition) is 3. The highest BCUT2D eigenvalue weighted by molar-refractivity contribution is 6.04. The number of methoxy groups -OCH3 is 2. The maximum absolute atomic E-state index is 13.7. The number of aromatic amines is 1. The highest BCUT2D eigenvalue weighted by atomic mass is 16.5. The molecule has 0 spiro atoms. The summed E-state index contributed by atoms with van der Waals surface area (Å²) in [6, 6.07) is 13.3. The molecule has 3 N–H and O–H groups in total. The number of nitrogens with one attached hydrogen (secondary N) is 3. The first-order valence-electron chi connectivity index (χ1n) is 20.3. The van der Waals surface area contributed by atoms with E-state index in [1.165, 1.54) is 19.8 Å². The third-order valence-electron chi connectivity index (χ3n) is 11.4. The van der Waals surface area contributed by atoms with Gasteiger partial charge in [0.2, 0.25) is 11.8 Å². The summed E-state index contributed by atoms with van der Waals surface area (Å²) < 4.78 is 9.57. The summed E-state index contributed by atoms with van der Waals surface area (Å²) >= 11 is 0. The van der Waals surface area contributed by atoms with Crippen molar-refractivity contribution in [2.24, 2.45) is 16.8 Å². The Bertz CT molecular complexity index is 2040. The number of carbonyl (C=O) groups is 4. The molecule has 1 aromatic heterocycles. The molecule has 2 aromatic carbocycles. The largest absolute Gasteiger partial charge is 0.453 e. The van der Waals surface area contributed by atoms with Crippen LogP contribution in [-0.2, 0) is 25.6 Å². The number of carbonyl (C=O) groups excluding carboxylic acids is 4. The van der Waals surface area contributed by atoms with Gasteiger partial charge in [-0.25, -0.2) is 14.6 Å². The molecule has 6 rings (SSSR count). The zero-order valence-electron chi connectivity index (χ0n) is 35.0. The first-order valence-corrected chi connectivity index (χ1v) is 20.3. The minimum atomic E-state index is -0.691. The molecule has 3 aliphatic rings. The first kappa shape index (κ1) is 42.1. The molecule has 0 aliphatic carbocycles. The SMILES string of the molecule is COC(=O)N[C@H](C(=O)N1CCC[C@H]1C1=NC=C(c2ccc(-c3ccc(-c4cnc([C@@H]5CCCN5C(=O)[C@@H](NC(=O)OC)C(C)C)[nH]4)cc3)c(CN(C)C)c2)C1)C(C)C. The molecule has 3 aromatic rings. The number of allylic oxidation sites excluding steroid dienone is 1. The van der Waals surface area contributed by atoms with Crippen LogP contribution in [0.2, 0.25) is 0 Å². The summed E-state index contributed by atoms with van der Waals surface area (Å²) in [5.74, 6) is 0.286. The van der Waals surface area contributed by atoms with Crippen LogP contribution in [0, 0.1) is 11.8 Å². The molecule has 0 radical (unpaired) electrons. The van der Waals surface area contributed by atoms with Crippen LogP contribution in [0.1, 0.15) is 82.8 Å². The summed E-state index contributed by atoms with van der Waals surface area (Å²) in [5, 5.41) is 5.44. The number of aliphatic imine (C=N–C) groups is 1. The van der Waals surface area contributed by atoms with E-state index in [0.29, 0.717) is 19.5 Å². The molecule has 14 nitrogen and oxygen atoms in total. The molecule has 0 bridgehead atoms. The summed E-state index contributed by atoms with van der Waals surface area (Å²) in [7, 11) is 6.72. The Hall–Kier alpha value is -5.50. The molecular formula is C44H58N8O6. The molecule has 2 saturated heterocycles. The third-order valence-corrected chi connectivity index (χ3v) is 11.4. The van der Waals surface area contributed by atoms with E-state index in [1.54, 1.807) is 0 Å². The van der Waals surface area contributed by atoms with Crippen LogP contribution in [0.4, 0.5) is 9.59 Å². The minimum absolute atomic E-state index is 0.0929. The van der Waals surface area contributed by atoms with Gasteiger partial charge in [-0.05, 0) is 91.1 Å². The third kappa shape index (κ3) is 9.28. The smallest absolute Gasteiger partial charge is 0.407 e. The van der Waals surface area contributed by atoms with Crippen molar-refractivity contribution >= 4 is 35.3 Å². The van der Waals surface area contributed by atoms with Gasteiger partial charge in [0.15, 0.2) is 0 Å². The maximum Gasteiger partial charge on any atom is 0.407 e. The van der Waals surface area contributed by atoms with Gasteiger partial charge in [-0.15, -0.1) is 0 Å². The van der Waals surface area contributed by atoms with Crippen molar-refractivity contribution in [3.8, 4) is 22.4 Å². The molecule has 14 heteroatoms. The van der Waals surface area contributed by atoms with E-state index in [4.69, 9.17) is 19.5 Å². The lowest BCUT2D eigenvalue weighted by atomic mass is 9.92. The van der Waals surface area contributed by atoms with Crippen molar-refractivity contribution < 1.29 is 28.7 Å². The fraction of sp³-hybridized carbons (Fsp3) is 0.500. The molecule has 4 heterocycles. The predicted octanol–water partition coefficient (Wildman–Crippen LogP) is 6.41. The number of rotatable bonds is 13. The summed E-state index contributed by atoms with van der Waals surface area (Å²) in [5.41, 5.74) is 8.45. The van der Waals surface area contributed by atoms with Crippen LogP contribution >= 0.6 is 0 Å². The predicted molar refractivity (Wildman–Crippen MR) is 224 cm³/mol. The Morgan fingerprint density at radius 1 is 0.810 bits per heavy atom. The van der Waals surface area contributed by atoms with Gasteiger partial charge in [0.05, 0.1) is 38.2 Å². The van der Waals surface area contributed by atoms with Gasteiger partial charge < -0.3 is 39.8 Å². The average molecular weight is 795 g/mol. The van der Waals surface area contributed by atoms with Gasteiger partial charge in [0.25, 0.3) is 0 Å². The van der Waals surface area contributed by atoms with E-state index < -0.39 is 24.3 Å². The van der Waals surface area contributed by atoms with Crippen molar-refractivity contribution in [3.05, 3.63) is 71.8 Å². The minimum Gasteiger partial charge on any atom is -0.453 e. The number of ether oxygens (including phenoxy) is 2. The average Bonchev–Trinajstić information content (AvgIpc) is 4.05. The van der Waals surface area contributed by atoms with Gasteiger partial charge in [-0.2, -0.15) is 0 Å². The normalized spacial score (nSPS) is 19.0. The van der Waals surface area contributed by atoms with E-state index in [1.807, 2.05) is 49.9 Å². The molecule has 310 valence electrons. The Morgan fingerprint density at radius 2 is 1.36 bits per heavy atom. The number of amides is 4. The van der Waals surface area contributed by atoms with E-state index in [2.05, 4.69) is 77.1 Å². The second kappa shape index (κ2) is 18.4. The zero-order valence-corrected chi connectivity index (χ0v) is 35.0. The highest BCUT2D eigenvalue weighted by Gasteiger charge is 2.39. The number of likely N-dealkylation sites (tertiary alicyclic amines) is 2. The van der Waals surface area contributed by atoms with E-state index in [9.17, 15) is 19.2 Å². The molecule has 0 unspecified atom stereocenters. The van der Waals surface area contributed by atoms with Crippen LogP contribution in [0.15, 0.2) is 59.9 Å². The lowest BCUT2D eigenvalue weighted by Crippen LogP contribution is -2.53. The standard InChI is InChI=1S/C44H58N8O6/c1-26(2)38(48-43(55)57-7)41(53)51-19-9-11-36(51)34-22-31(23-45-34)30-17-18-33(32(21-30)25-50(5)6)28-13-15-29(16-14-28)35-24-46-40(47-35)37-12-10-20-52(37)42(54)39(27(3)4)49-44(56)58-8/h13-18,21,23-24,26-27,36-39H,9-12,19-20,22,25H2,1-8H3,(H,46,47)(H,48,55)(H,49,56)/t36-,37-,38-,39-/m0/s1. The Morgan fingerprint density at radius 3 is 1.93 bits per heavy atom. The second-order valence-corrected chi connectivity index (χ2v) is 16.4. The Kier molecular flexibility index (Phi) is 13.4. The lowest BCUT2D eigenvalue weighted by molar-refractivity contribution is -0.135. The monoisotopic (exact) mass is 794 g/mol. The van der Waals surface area contributed by atoms with Gasteiger partial charge in [0.1, 0.15) is 17.9 Å². The number of aromatic nitrogens is 2. The van der Waals surface area contributed by atoms with Crippen LogP contribution in [0.5, 0.6) is 0 Å². The van der Waals surface area contributed by atoms with Crippen LogP contribution in [0.25, 0.3) is 28.0 Å². The van der Waals surface area contributed by atoms with Crippen molar-refractivity contribution in [3.63, 3.8) is 0 Å². The topological polar surface area (TPSA) is 162 Å². The van der Waals surface area contributed by atoms with Crippen LogP contribution in [-0.4, -0.2) is 114 Å². The fourth-order valence-corrected chi connectivity index (χ4v) is 8.30. The number of benzene rings is 2. The molecular weight excluding hydrogens is 737 g/mol. The van der Waals surface area contributed by atoms with Crippen molar-refractivity contribution in [1.29, 1.82) is 0 Å². The van der Waals surface area contributed by atoms with Gasteiger partial charge in [-0.3, -0.25) is 14.6 Å². The Labute approximate surface area is 341 Å². The number of alkyl carbamates (subject to hydrolysis) is 2. The molecule has 2 fully saturated rings. The number of H-pyrrole nitrogens is 1. The zero-order chi connectivity index (χ0) is 41.7. The maximum atomic E-state index is 13.7. The van der Waals surface area contributed by atoms with Gasteiger partial charge >= 0.3 is 12.2 Å². The fourth-order valence-electron chi connectivity index (χ4n) is 8.30. The van der Waals surface area contributed by atoms with E-state index in [0.717, 1.165) is 77.3 Å². The molecule has 4 amide bonds. The molecule has 3 aliphatic heterocycles. The molecule has 0 saturated carbocycles. The Balaban J connectivity index is 1.15. The number of hydrogen-bond acceptors (Lipinski definition) is 9.